The number of hydrogen-bond donors (Lipinski definition) is 0. The summed E-state index contributed by atoms with van der Waals surface area (Å²) in [5.74, 6) is 2.78. The summed E-state index contributed by atoms with van der Waals surface area (Å²) < 4.78 is 5.72. The van der Waals surface area contributed by atoms with Crippen LogP contribution in [0.15, 0.2) is 4.42 Å². The third kappa shape index (κ3) is 2.09. The molecule has 80 valence electrons. The minimum atomic E-state index is -0.0146. The third-order valence-electron chi connectivity index (χ3n) is 2.27. The fourth-order valence-corrected chi connectivity index (χ4v) is 2.18. The summed E-state index contributed by atoms with van der Waals surface area (Å²) in [5.41, 5.74) is 2.09. The summed E-state index contributed by atoms with van der Waals surface area (Å²) in [4.78, 5) is 0. The predicted octanol–water partition coefficient (Wildman–Crippen LogP) is 4.36. The van der Waals surface area contributed by atoms with Crippen LogP contribution in [0.3, 0.4) is 0 Å². The lowest BCUT2D eigenvalue weighted by atomic mass is 9.90. The van der Waals surface area contributed by atoms with Gasteiger partial charge in [0.05, 0.1) is 11.8 Å². The molecule has 1 aromatic heterocycles. The van der Waals surface area contributed by atoms with Crippen LogP contribution in [0.4, 0.5) is 0 Å². The summed E-state index contributed by atoms with van der Waals surface area (Å²) >= 11 is 11.8. The third-order valence-corrected chi connectivity index (χ3v) is 2.80. The van der Waals surface area contributed by atoms with Crippen molar-refractivity contribution in [2.24, 2.45) is 0 Å². The number of halogens is 2. The van der Waals surface area contributed by atoms with E-state index < -0.39 is 0 Å². The molecule has 1 rings (SSSR count). The van der Waals surface area contributed by atoms with E-state index >= 15 is 0 Å². The van der Waals surface area contributed by atoms with Crippen molar-refractivity contribution in [1.29, 1.82) is 0 Å². The maximum absolute atomic E-state index is 5.92. The summed E-state index contributed by atoms with van der Waals surface area (Å²) in [6.07, 6.45) is 0. The van der Waals surface area contributed by atoms with Crippen molar-refractivity contribution in [3.8, 4) is 0 Å². The second-order valence-electron chi connectivity index (χ2n) is 4.46. The molecule has 0 saturated heterocycles. The highest BCUT2D eigenvalue weighted by Gasteiger charge is 2.25. The van der Waals surface area contributed by atoms with Crippen LogP contribution in [0.1, 0.15) is 43.4 Å². The summed E-state index contributed by atoms with van der Waals surface area (Å²) in [7, 11) is 0. The van der Waals surface area contributed by atoms with E-state index in [0.29, 0.717) is 11.8 Å². The van der Waals surface area contributed by atoms with Gasteiger partial charge in [-0.25, -0.2) is 0 Å². The summed E-state index contributed by atoms with van der Waals surface area (Å²) in [6, 6.07) is 0. The van der Waals surface area contributed by atoms with Crippen molar-refractivity contribution >= 4 is 23.2 Å². The second kappa shape index (κ2) is 4.16. The van der Waals surface area contributed by atoms with E-state index in [9.17, 15) is 0 Å². The predicted molar refractivity (Wildman–Crippen MR) is 61.3 cm³/mol. The molecule has 0 amide bonds. The maximum atomic E-state index is 5.92. The molecule has 0 atom stereocenters. The molecule has 14 heavy (non-hydrogen) atoms. The number of aryl methyl sites for hydroxylation is 1. The Labute approximate surface area is 95.4 Å². The van der Waals surface area contributed by atoms with E-state index in [1.165, 1.54) is 0 Å². The molecule has 0 radical (unpaired) electrons. The molecule has 0 N–H and O–H groups in total. The Bertz CT molecular complexity index is 321. The van der Waals surface area contributed by atoms with Gasteiger partial charge in [-0.1, -0.05) is 20.8 Å². The fourth-order valence-electron chi connectivity index (χ4n) is 1.55. The highest BCUT2D eigenvalue weighted by molar-refractivity contribution is 6.18. The molecule has 1 nitrogen and oxygen atoms in total. The normalized spacial score (nSPS) is 12.1. The molecule has 0 aliphatic rings. The highest BCUT2D eigenvalue weighted by Crippen LogP contribution is 2.34. The summed E-state index contributed by atoms with van der Waals surface area (Å²) in [5, 5.41) is 0. The van der Waals surface area contributed by atoms with E-state index in [-0.39, 0.29) is 5.41 Å². The SMILES string of the molecule is Cc1oc(C(C)(C)C)c(CCl)c1CCl. The monoisotopic (exact) mass is 234 g/mol. The minimum absolute atomic E-state index is 0.0146. The molecule has 0 fully saturated rings. The standard InChI is InChI=1S/C11H16Cl2O/c1-7-8(5-12)9(6-13)10(14-7)11(2,3)4/h5-6H2,1-4H3. The van der Waals surface area contributed by atoms with Crippen LogP contribution >= 0.6 is 23.2 Å². The molecular weight excluding hydrogens is 219 g/mol. The summed E-state index contributed by atoms with van der Waals surface area (Å²) in [6.45, 7) is 8.26. The average Bonchev–Trinajstić information content (AvgIpc) is 2.40. The van der Waals surface area contributed by atoms with E-state index in [1.54, 1.807) is 0 Å². The van der Waals surface area contributed by atoms with Crippen LogP contribution in [0.25, 0.3) is 0 Å². The first-order chi connectivity index (χ1) is 6.41. The molecule has 3 heteroatoms. The first-order valence-electron chi connectivity index (χ1n) is 4.65. The minimum Gasteiger partial charge on any atom is -0.465 e. The van der Waals surface area contributed by atoms with Crippen molar-refractivity contribution in [1.82, 2.24) is 0 Å². The van der Waals surface area contributed by atoms with E-state index in [0.717, 1.165) is 22.6 Å². The first kappa shape index (κ1) is 11.9. The lowest BCUT2D eigenvalue weighted by Gasteiger charge is -2.16. The zero-order valence-electron chi connectivity index (χ0n) is 9.08. The van der Waals surface area contributed by atoms with Gasteiger partial charge in [-0.15, -0.1) is 23.2 Å². The van der Waals surface area contributed by atoms with E-state index in [4.69, 9.17) is 27.6 Å². The Kier molecular flexibility index (Phi) is 3.54. The van der Waals surface area contributed by atoms with Crippen LogP contribution in [-0.4, -0.2) is 0 Å². The Morgan fingerprint density at radius 3 is 1.93 bits per heavy atom. The zero-order valence-corrected chi connectivity index (χ0v) is 10.6. The smallest absolute Gasteiger partial charge is 0.114 e. The zero-order chi connectivity index (χ0) is 10.9. The molecule has 0 aliphatic heterocycles. The molecule has 1 heterocycles. The van der Waals surface area contributed by atoms with Gasteiger partial charge in [0.1, 0.15) is 11.5 Å². The molecule has 1 aromatic rings. The molecule has 0 aromatic carbocycles. The lowest BCUT2D eigenvalue weighted by Crippen LogP contribution is -2.12. The molecule has 0 unspecified atom stereocenters. The topological polar surface area (TPSA) is 13.1 Å². The fraction of sp³-hybridized carbons (Fsp3) is 0.636. The van der Waals surface area contributed by atoms with Gasteiger partial charge in [0.25, 0.3) is 0 Å². The van der Waals surface area contributed by atoms with Gasteiger partial charge in [-0.2, -0.15) is 0 Å². The van der Waals surface area contributed by atoms with Crippen molar-refractivity contribution in [2.75, 3.05) is 0 Å². The molecular formula is C11H16Cl2O. The van der Waals surface area contributed by atoms with Gasteiger partial charge >= 0.3 is 0 Å². The van der Waals surface area contributed by atoms with E-state index in [1.807, 2.05) is 6.92 Å². The quantitative estimate of drug-likeness (QED) is 0.694. The number of furan rings is 1. The van der Waals surface area contributed by atoms with Crippen LogP contribution < -0.4 is 0 Å². The van der Waals surface area contributed by atoms with Gasteiger partial charge in [0, 0.05) is 16.5 Å². The molecule has 0 saturated carbocycles. The number of hydrogen-bond acceptors (Lipinski definition) is 1. The van der Waals surface area contributed by atoms with Crippen LogP contribution in [0.2, 0.25) is 0 Å². The van der Waals surface area contributed by atoms with Crippen LogP contribution in [0, 0.1) is 6.92 Å². The Hall–Kier alpha value is -0.140. The molecule has 0 aliphatic carbocycles. The van der Waals surface area contributed by atoms with Crippen molar-refractivity contribution in [2.45, 2.75) is 44.9 Å². The van der Waals surface area contributed by atoms with Crippen LogP contribution in [0.5, 0.6) is 0 Å². The average molecular weight is 235 g/mol. The van der Waals surface area contributed by atoms with Gasteiger partial charge in [0.2, 0.25) is 0 Å². The highest BCUT2D eigenvalue weighted by atomic mass is 35.5. The van der Waals surface area contributed by atoms with Gasteiger partial charge in [0.15, 0.2) is 0 Å². The van der Waals surface area contributed by atoms with Crippen molar-refractivity contribution < 1.29 is 4.42 Å². The number of rotatable bonds is 2. The lowest BCUT2D eigenvalue weighted by molar-refractivity contribution is 0.392. The largest absolute Gasteiger partial charge is 0.465 e. The second-order valence-corrected chi connectivity index (χ2v) is 5.00. The Balaban J connectivity index is 3.31. The molecule has 0 spiro atoms. The first-order valence-corrected chi connectivity index (χ1v) is 5.72. The molecule has 0 bridgehead atoms. The van der Waals surface area contributed by atoms with Crippen molar-refractivity contribution in [3.63, 3.8) is 0 Å². The van der Waals surface area contributed by atoms with Gasteiger partial charge < -0.3 is 4.42 Å². The van der Waals surface area contributed by atoms with Crippen LogP contribution in [-0.2, 0) is 17.2 Å². The van der Waals surface area contributed by atoms with Crippen molar-refractivity contribution in [3.05, 3.63) is 22.6 Å². The Morgan fingerprint density at radius 1 is 1.07 bits per heavy atom. The maximum Gasteiger partial charge on any atom is 0.114 e. The number of alkyl halides is 2. The van der Waals surface area contributed by atoms with Gasteiger partial charge in [-0.3, -0.25) is 0 Å². The Morgan fingerprint density at radius 2 is 1.57 bits per heavy atom. The van der Waals surface area contributed by atoms with Gasteiger partial charge in [-0.05, 0) is 6.92 Å². The van der Waals surface area contributed by atoms with E-state index in [2.05, 4.69) is 20.8 Å².